The van der Waals surface area contributed by atoms with E-state index in [1.54, 1.807) is 42.5 Å². The number of hydrogen-bond acceptors (Lipinski definition) is 4. The van der Waals surface area contributed by atoms with E-state index >= 15 is 0 Å². The predicted octanol–water partition coefficient (Wildman–Crippen LogP) is 4.34. The van der Waals surface area contributed by atoms with Crippen molar-refractivity contribution in [2.24, 2.45) is 0 Å². The van der Waals surface area contributed by atoms with E-state index in [1.807, 2.05) is 6.92 Å². The second kappa shape index (κ2) is 9.31. The van der Waals surface area contributed by atoms with Gasteiger partial charge < -0.3 is 10.6 Å². The number of rotatable bonds is 6. The average Bonchev–Trinajstić information content (AvgIpc) is 2.70. The van der Waals surface area contributed by atoms with Crippen LogP contribution in [0.3, 0.4) is 0 Å². The fraction of sp³-hybridized carbons (Fsp3) is 0.150. The summed E-state index contributed by atoms with van der Waals surface area (Å²) in [4.78, 5) is 24.7. The van der Waals surface area contributed by atoms with Crippen molar-refractivity contribution in [1.29, 1.82) is 0 Å². The minimum absolute atomic E-state index is 0.00544. The first-order valence-electron chi connectivity index (χ1n) is 8.69. The largest absolute Gasteiger partial charge is 0.381 e. The molecular formula is C20H17Cl3N4O2. The number of aryl methyl sites for hydroxylation is 1. The van der Waals surface area contributed by atoms with Crippen molar-refractivity contribution in [3.8, 4) is 5.69 Å². The molecule has 1 heterocycles. The molecule has 0 atom stereocenters. The average molecular weight is 452 g/mol. The Labute approximate surface area is 182 Å². The summed E-state index contributed by atoms with van der Waals surface area (Å²) in [7, 11) is 0. The first kappa shape index (κ1) is 21.2. The van der Waals surface area contributed by atoms with E-state index < -0.39 is 5.56 Å². The first-order chi connectivity index (χ1) is 13.9. The van der Waals surface area contributed by atoms with Crippen molar-refractivity contribution < 1.29 is 4.79 Å². The topological polar surface area (TPSA) is 76.0 Å². The van der Waals surface area contributed by atoms with Crippen LogP contribution >= 0.6 is 34.8 Å². The van der Waals surface area contributed by atoms with E-state index in [0.717, 1.165) is 5.56 Å². The van der Waals surface area contributed by atoms with Crippen LogP contribution in [0.1, 0.15) is 15.9 Å². The lowest BCUT2D eigenvalue weighted by Gasteiger charge is -2.12. The molecule has 0 fully saturated rings. The Hall–Kier alpha value is -2.54. The lowest BCUT2D eigenvalue weighted by Crippen LogP contribution is -2.29. The van der Waals surface area contributed by atoms with Gasteiger partial charge in [-0.15, -0.1) is 0 Å². The monoisotopic (exact) mass is 450 g/mol. The summed E-state index contributed by atoms with van der Waals surface area (Å²) in [5, 5.41) is 10.8. The molecule has 0 unspecified atom stereocenters. The molecule has 6 nitrogen and oxygen atoms in total. The molecule has 2 N–H and O–H groups in total. The second-order valence-corrected chi connectivity index (χ2v) is 7.38. The van der Waals surface area contributed by atoms with E-state index in [-0.39, 0.29) is 10.9 Å². The highest BCUT2D eigenvalue weighted by atomic mass is 35.5. The molecule has 0 saturated carbocycles. The Morgan fingerprint density at radius 2 is 1.83 bits per heavy atom. The highest BCUT2D eigenvalue weighted by molar-refractivity contribution is 6.34. The Morgan fingerprint density at radius 1 is 1.07 bits per heavy atom. The van der Waals surface area contributed by atoms with Crippen LogP contribution in [0.5, 0.6) is 0 Å². The van der Waals surface area contributed by atoms with Crippen LogP contribution in [0.2, 0.25) is 15.1 Å². The Balaban J connectivity index is 1.64. The van der Waals surface area contributed by atoms with Gasteiger partial charge in [0.05, 0.1) is 28.2 Å². The van der Waals surface area contributed by atoms with Crippen LogP contribution in [-0.4, -0.2) is 28.8 Å². The van der Waals surface area contributed by atoms with Crippen LogP contribution in [0.15, 0.2) is 53.5 Å². The summed E-state index contributed by atoms with van der Waals surface area (Å²) in [6.45, 7) is 2.52. The van der Waals surface area contributed by atoms with Crippen molar-refractivity contribution in [3.63, 3.8) is 0 Å². The van der Waals surface area contributed by atoms with Gasteiger partial charge in [0.25, 0.3) is 11.5 Å². The van der Waals surface area contributed by atoms with E-state index in [1.165, 1.54) is 10.9 Å². The molecule has 0 aliphatic rings. The van der Waals surface area contributed by atoms with Crippen molar-refractivity contribution in [2.45, 2.75) is 6.92 Å². The van der Waals surface area contributed by atoms with Gasteiger partial charge >= 0.3 is 0 Å². The zero-order valence-electron chi connectivity index (χ0n) is 15.4. The van der Waals surface area contributed by atoms with Gasteiger partial charge in [0, 0.05) is 18.1 Å². The molecule has 1 aromatic heterocycles. The van der Waals surface area contributed by atoms with Crippen LogP contribution in [-0.2, 0) is 0 Å². The maximum absolute atomic E-state index is 12.6. The summed E-state index contributed by atoms with van der Waals surface area (Å²) < 4.78 is 1.18. The molecule has 0 aliphatic heterocycles. The second-order valence-electron chi connectivity index (χ2n) is 6.19. The molecule has 150 valence electrons. The van der Waals surface area contributed by atoms with Gasteiger partial charge in [0.15, 0.2) is 0 Å². The number of amides is 1. The van der Waals surface area contributed by atoms with Crippen molar-refractivity contribution in [3.05, 3.63) is 85.2 Å². The van der Waals surface area contributed by atoms with Gasteiger partial charge in [-0.3, -0.25) is 9.59 Å². The van der Waals surface area contributed by atoms with Gasteiger partial charge in [0.2, 0.25) is 0 Å². The normalized spacial score (nSPS) is 10.6. The third kappa shape index (κ3) is 4.90. The SMILES string of the molecule is Cc1ccc(-n2ncc(NCCNC(=O)c3ccccc3Cl)c(Cl)c2=O)cc1Cl. The predicted molar refractivity (Wildman–Crippen MR) is 117 cm³/mol. The third-order valence-corrected chi connectivity index (χ3v) is 5.27. The zero-order valence-corrected chi connectivity index (χ0v) is 17.6. The maximum atomic E-state index is 12.6. The quantitative estimate of drug-likeness (QED) is 0.547. The van der Waals surface area contributed by atoms with Crippen LogP contribution in [0.4, 0.5) is 5.69 Å². The van der Waals surface area contributed by atoms with Crippen LogP contribution in [0, 0.1) is 6.92 Å². The molecule has 1 amide bonds. The molecule has 0 saturated heterocycles. The standard InChI is InChI=1S/C20H17Cl3N4O2/c1-12-6-7-13(10-16(12)22)27-20(29)18(23)17(11-26-27)24-8-9-25-19(28)14-4-2-3-5-15(14)21/h2-7,10-11,24H,8-9H2,1H3,(H,25,28). The van der Waals surface area contributed by atoms with Gasteiger partial charge in [0.1, 0.15) is 5.02 Å². The summed E-state index contributed by atoms with van der Waals surface area (Å²) in [6.07, 6.45) is 1.45. The van der Waals surface area contributed by atoms with E-state index in [0.29, 0.717) is 40.1 Å². The molecule has 9 heteroatoms. The number of aromatic nitrogens is 2. The number of halogens is 3. The van der Waals surface area contributed by atoms with Crippen molar-refractivity contribution >= 4 is 46.4 Å². The molecular weight excluding hydrogens is 435 g/mol. The van der Waals surface area contributed by atoms with Gasteiger partial charge in [-0.2, -0.15) is 9.78 Å². The molecule has 0 aliphatic carbocycles. The molecule has 0 spiro atoms. The highest BCUT2D eigenvalue weighted by Crippen LogP contribution is 2.20. The van der Waals surface area contributed by atoms with Crippen molar-refractivity contribution in [1.82, 2.24) is 15.1 Å². The van der Waals surface area contributed by atoms with Crippen LogP contribution in [0.25, 0.3) is 5.69 Å². The lowest BCUT2D eigenvalue weighted by atomic mass is 10.2. The van der Waals surface area contributed by atoms with E-state index in [4.69, 9.17) is 34.8 Å². The third-order valence-electron chi connectivity index (χ3n) is 4.16. The number of nitrogens with zero attached hydrogens (tertiary/aromatic N) is 2. The highest BCUT2D eigenvalue weighted by Gasteiger charge is 2.12. The van der Waals surface area contributed by atoms with Gasteiger partial charge in [-0.25, -0.2) is 0 Å². The maximum Gasteiger partial charge on any atom is 0.292 e. The molecule has 3 aromatic rings. The zero-order chi connectivity index (χ0) is 21.0. The van der Waals surface area contributed by atoms with E-state index in [2.05, 4.69) is 15.7 Å². The van der Waals surface area contributed by atoms with Crippen LogP contribution < -0.4 is 16.2 Å². The number of hydrogen-bond donors (Lipinski definition) is 2. The van der Waals surface area contributed by atoms with Crippen molar-refractivity contribution in [2.75, 3.05) is 18.4 Å². The minimum atomic E-state index is -0.475. The Morgan fingerprint density at radius 3 is 2.55 bits per heavy atom. The Kier molecular flexibility index (Phi) is 6.79. The summed E-state index contributed by atoms with van der Waals surface area (Å²) >= 11 is 18.3. The molecule has 3 rings (SSSR count). The molecule has 0 bridgehead atoms. The lowest BCUT2D eigenvalue weighted by molar-refractivity contribution is 0.0955. The summed E-state index contributed by atoms with van der Waals surface area (Å²) in [5.41, 5.74) is 1.71. The molecule has 2 aromatic carbocycles. The number of carbonyl (C=O) groups is 1. The number of carbonyl (C=O) groups excluding carboxylic acids is 1. The fourth-order valence-electron chi connectivity index (χ4n) is 2.57. The molecule has 0 radical (unpaired) electrons. The molecule has 29 heavy (non-hydrogen) atoms. The number of nitrogens with one attached hydrogen (secondary N) is 2. The fourth-order valence-corrected chi connectivity index (χ4v) is 3.16. The summed E-state index contributed by atoms with van der Waals surface area (Å²) in [6, 6.07) is 12.0. The number of anilines is 1. The Bertz CT molecular complexity index is 1120. The van der Waals surface area contributed by atoms with Gasteiger partial charge in [-0.1, -0.05) is 53.0 Å². The van der Waals surface area contributed by atoms with Gasteiger partial charge in [-0.05, 0) is 36.8 Å². The minimum Gasteiger partial charge on any atom is -0.381 e. The first-order valence-corrected chi connectivity index (χ1v) is 9.83. The summed E-state index contributed by atoms with van der Waals surface area (Å²) in [5.74, 6) is -0.284. The smallest absolute Gasteiger partial charge is 0.292 e. The van der Waals surface area contributed by atoms with E-state index in [9.17, 15) is 9.59 Å². The number of benzene rings is 2.